The highest BCUT2D eigenvalue weighted by atomic mass is 16.2. The van der Waals surface area contributed by atoms with Crippen molar-refractivity contribution >= 4 is 5.91 Å². The minimum atomic E-state index is 0.152. The summed E-state index contributed by atoms with van der Waals surface area (Å²) in [6.07, 6.45) is 6.67. The topological polar surface area (TPSA) is 50.2 Å². The molecule has 2 aliphatic heterocycles. The van der Waals surface area contributed by atoms with E-state index in [9.17, 15) is 4.79 Å². The summed E-state index contributed by atoms with van der Waals surface area (Å²) < 4.78 is 1.72. The van der Waals surface area contributed by atoms with Crippen molar-refractivity contribution in [1.29, 1.82) is 0 Å². The van der Waals surface area contributed by atoms with Crippen LogP contribution in [-0.2, 0) is 7.05 Å². The zero-order valence-electron chi connectivity index (χ0n) is 12.5. The second kappa shape index (κ2) is 5.20. The fraction of sp³-hybridized carbons (Fsp3) is 0.733. The average molecular weight is 276 g/mol. The number of hydrogen-bond donors (Lipinski definition) is 1. The molecule has 5 heteroatoms. The highest BCUT2D eigenvalue weighted by Gasteiger charge is 2.37. The number of hydrogen-bond acceptors (Lipinski definition) is 3. The molecule has 0 atom stereocenters. The van der Waals surface area contributed by atoms with E-state index in [0.29, 0.717) is 5.41 Å². The molecule has 2 aliphatic rings. The van der Waals surface area contributed by atoms with Crippen LogP contribution in [-0.4, -0.2) is 46.8 Å². The van der Waals surface area contributed by atoms with Gasteiger partial charge in [0.2, 0.25) is 0 Å². The van der Waals surface area contributed by atoms with Crippen molar-refractivity contribution < 1.29 is 4.79 Å². The smallest absolute Gasteiger partial charge is 0.257 e. The summed E-state index contributed by atoms with van der Waals surface area (Å²) in [5.41, 5.74) is 2.08. The van der Waals surface area contributed by atoms with Gasteiger partial charge < -0.3 is 10.2 Å². The Kier molecular flexibility index (Phi) is 3.54. The van der Waals surface area contributed by atoms with Crippen LogP contribution in [0.4, 0.5) is 0 Å². The predicted octanol–water partition coefficient (Wildman–Crippen LogP) is 1.33. The van der Waals surface area contributed by atoms with Crippen LogP contribution in [0.5, 0.6) is 0 Å². The van der Waals surface area contributed by atoms with E-state index in [0.717, 1.165) is 50.3 Å². The van der Waals surface area contributed by atoms with Crippen LogP contribution in [0.25, 0.3) is 0 Å². The van der Waals surface area contributed by atoms with Crippen molar-refractivity contribution in [3.05, 3.63) is 17.5 Å². The summed E-state index contributed by atoms with van der Waals surface area (Å²) in [6, 6.07) is 0. The molecule has 0 radical (unpaired) electrons. The van der Waals surface area contributed by atoms with Gasteiger partial charge in [0.25, 0.3) is 5.91 Å². The Hall–Kier alpha value is -1.36. The van der Waals surface area contributed by atoms with Gasteiger partial charge in [0.05, 0.1) is 11.3 Å². The molecule has 2 fully saturated rings. The van der Waals surface area contributed by atoms with Crippen LogP contribution in [0.3, 0.4) is 0 Å². The maximum absolute atomic E-state index is 12.6. The van der Waals surface area contributed by atoms with E-state index in [4.69, 9.17) is 0 Å². The number of aryl methyl sites for hydroxylation is 2. The Balaban J connectivity index is 1.66. The van der Waals surface area contributed by atoms with Crippen molar-refractivity contribution in [2.45, 2.75) is 32.6 Å². The third-order valence-corrected chi connectivity index (χ3v) is 5.02. The van der Waals surface area contributed by atoms with Crippen LogP contribution in [0, 0.1) is 12.3 Å². The summed E-state index contributed by atoms with van der Waals surface area (Å²) >= 11 is 0. The molecular weight excluding hydrogens is 252 g/mol. The summed E-state index contributed by atoms with van der Waals surface area (Å²) in [5.74, 6) is 0.152. The first-order valence-corrected chi connectivity index (χ1v) is 7.60. The molecule has 0 bridgehead atoms. The molecule has 2 saturated heterocycles. The maximum atomic E-state index is 12.6. The third kappa shape index (κ3) is 2.46. The van der Waals surface area contributed by atoms with Crippen LogP contribution in [0.1, 0.15) is 41.7 Å². The monoisotopic (exact) mass is 276 g/mol. The van der Waals surface area contributed by atoms with Crippen molar-refractivity contribution in [2.24, 2.45) is 12.5 Å². The number of likely N-dealkylation sites (tertiary alicyclic amines) is 1. The molecule has 1 aromatic rings. The number of aromatic nitrogens is 2. The van der Waals surface area contributed by atoms with E-state index in [1.54, 1.807) is 4.68 Å². The van der Waals surface area contributed by atoms with Gasteiger partial charge in [-0.1, -0.05) is 0 Å². The number of rotatable bonds is 1. The van der Waals surface area contributed by atoms with E-state index in [-0.39, 0.29) is 5.91 Å². The van der Waals surface area contributed by atoms with Crippen molar-refractivity contribution in [1.82, 2.24) is 20.0 Å². The molecule has 1 spiro atoms. The van der Waals surface area contributed by atoms with Gasteiger partial charge in [-0.3, -0.25) is 9.48 Å². The molecule has 1 N–H and O–H groups in total. The molecule has 3 rings (SSSR count). The first-order chi connectivity index (χ1) is 9.60. The largest absolute Gasteiger partial charge is 0.339 e. The van der Waals surface area contributed by atoms with Gasteiger partial charge in [0, 0.05) is 26.3 Å². The number of amides is 1. The van der Waals surface area contributed by atoms with Gasteiger partial charge in [-0.15, -0.1) is 0 Å². The first kappa shape index (κ1) is 13.6. The molecule has 3 heterocycles. The molecule has 0 aromatic carbocycles. The fourth-order valence-electron chi connectivity index (χ4n) is 3.62. The number of nitrogens with one attached hydrogen (secondary N) is 1. The Morgan fingerprint density at radius 3 is 2.45 bits per heavy atom. The highest BCUT2D eigenvalue weighted by Crippen LogP contribution is 2.39. The van der Waals surface area contributed by atoms with Crippen LogP contribution in [0.2, 0.25) is 0 Å². The van der Waals surface area contributed by atoms with Gasteiger partial charge in [0.15, 0.2) is 0 Å². The number of carbonyl (C=O) groups is 1. The molecule has 5 nitrogen and oxygen atoms in total. The first-order valence-electron chi connectivity index (χ1n) is 7.60. The summed E-state index contributed by atoms with van der Waals surface area (Å²) in [4.78, 5) is 14.6. The predicted molar refractivity (Wildman–Crippen MR) is 77.6 cm³/mol. The molecule has 20 heavy (non-hydrogen) atoms. The lowest BCUT2D eigenvalue weighted by atomic mass is 9.71. The van der Waals surface area contributed by atoms with Crippen molar-refractivity contribution in [3.8, 4) is 0 Å². The zero-order valence-corrected chi connectivity index (χ0v) is 12.5. The summed E-state index contributed by atoms with van der Waals surface area (Å²) in [5, 5.41) is 7.71. The SMILES string of the molecule is Cc1nn(C)cc1C(=O)N1CCC2(CCNCC2)CC1. The van der Waals surface area contributed by atoms with E-state index >= 15 is 0 Å². The Labute approximate surface area is 120 Å². The third-order valence-electron chi connectivity index (χ3n) is 5.02. The normalized spacial score (nSPS) is 22.2. The second-order valence-corrected chi connectivity index (χ2v) is 6.34. The number of carbonyl (C=O) groups excluding carboxylic acids is 1. The highest BCUT2D eigenvalue weighted by molar-refractivity contribution is 5.95. The maximum Gasteiger partial charge on any atom is 0.257 e. The molecule has 1 aromatic heterocycles. The summed E-state index contributed by atoms with van der Waals surface area (Å²) in [6.45, 7) is 5.97. The van der Waals surface area contributed by atoms with Crippen molar-refractivity contribution in [2.75, 3.05) is 26.2 Å². The molecular formula is C15H24N4O. The Bertz CT molecular complexity index is 492. The molecule has 1 amide bonds. The van der Waals surface area contributed by atoms with Gasteiger partial charge in [0.1, 0.15) is 0 Å². The second-order valence-electron chi connectivity index (χ2n) is 6.34. The fourth-order valence-corrected chi connectivity index (χ4v) is 3.62. The van der Waals surface area contributed by atoms with Crippen LogP contribution in [0.15, 0.2) is 6.20 Å². The van der Waals surface area contributed by atoms with Crippen molar-refractivity contribution in [3.63, 3.8) is 0 Å². The number of nitrogens with zero attached hydrogens (tertiary/aromatic N) is 3. The van der Waals surface area contributed by atoms with Gasteiger partial charge in [-0.25, -0.2) is 0 Å². The van der Waals surface area contributed by atoms with Crippen LogP contribution >= 0.6 is 0 Å². The standard InChI is InChI=1S/C15H24N4O/c1-12-13(11-18(2)17-12)14(20)19-9-5-15(6-10-19)3-7-16-8-4-15/h11,16H,3-10H2,1-2H3. The van der Waals surface area contributed by atoms with Gasteiger partial charge in [-0.2, -0.15) is 5.10 Å². The van der Waals surface area contributed by atoms with E-state index < -0.39 is 0 Å². The molecule has 0 saturated carbocycles. The quantitative estimate of drug-likeness (QED) is 0.842. The molecule has 110 valence electrons. The minimum absolute atomic E-state index is 0.152. The number of piperidine rings is 2. The Morgan fingerprint density at radius 1 is 1.25 bits per heavy atom. The lowest BCUT2D eigenvalue weighted by Crippen LogP contribution is -2.47. The lowest BCUT2D eigenvalue weighted by Gasteiger charge is -2.44. The zero-order chi connectivity index (χ0) is 14.2. The van der Waals surface area contributed by atoms with E-state index in [2.05, 4.69) is 10.4 Å². The van der Waals surface area contributed by atoms with E-state index in [1.807, 2.05) is 25.1 Å². The average Bonchev–Trinajstić information content (AvgIpc) is 2.79. The Morgan fingerprint density at radius 2 is 1.90 bits per heavy atom. The van der Waals surface area contributed by atoms with Gasteiger partial charge >= 0.3 is 0 Å². The van der Waals surface area contributed by atoms with E-state index in [1.165, 1.54) is 12.8 Å². The summed E-state index contributed by atoms with van der Waals surface area (Å²) in [7, 11) is 1.87. The van der Waals surface area contributed by atoms with Gasteiger partial charge in [-0.05, 0) is 51.1 Å². The molecule has 0 aliphatic carbocycles. The molecule has 0 unspecified atom stereocenters. The minimum Gasteiger partial charge on any atom is -0.339 e. The van der Waals surface area contributed by atoms with Crippen LogP contribution < -0.4 is 5.32 Å². The lowest BCUT2D eigenvalue weighted by molar-refractivity contribution is 0.0495.